The number of aromatic nitrogens is 1. The lowest BCUT2D eigenvalue weighted by molar-refractivity contribution is -0.147. The number of nitrogens with one attached hydrogen (secondary N) is 6. The van der Waals surface area contributed by atoms with Crippen LogP contribution in [0.1, 0.15) is 62.1 Å². The summed E-state index contributed by atoms with van der Waals surface area (Å²) in [7, 11) is 0. The average molecular weight is 854 g/mol. The van der Waals surface area contributed by atoms with E-state index in [2.05, 4.69) is 31.6 Å². The lowest BCUT2D eigenvalue weighted by Crippen LogP contribution is -2.57. The van der Waals surface area contributed by atoms with Crippen LogP contribution in [0.15, 0.2) is 85.1 Å². The average Bonchev–Trinajstić information content (AvgIpc) is 3.83. The number of fused-ring (bicyclic) bond motifs is 1. The van der Waals surface area contributed by atoms with Crippen molar-refractivity contribution in [2.24, 2.45) is 0 Å². The van der Waals surface area contributed by atoms with Crippen molar-refractivity contribution in [3.8, 4) is 5.75 Å². The summed E-state index contributed by atoms with van der Waals surface area (Å²) in [5.74, 6) is -3.37. The Bertz CT molecular complexity index is 2130. The molecular formula is C45H55N7O8S. The van der Waals surface area contributed by atoms with Gasteiger partial charge in [0, 0.05) is 49.3 Å². The number of para-hydroxylation sites is 1. The first-order valence-electron chi connectivity index (χ1n) is 20.6. The Morgan fingerprint density at radius 2 is 1.39 bits per heavy atom. The zero-order valence-electron chi connectivity index (χ0n) is 34.5. The fourth-order valence-corrected chi connectivity index (χ4v) is 7.65. The summed E-state index contributed by atoms with van der Waals surface area (Å²) in [6.45, 7) is 1.75. The summed E-state index contributed by atoms with van der Waals surface area (Å²) in [5.41, 5.74) is 3.24. The lowest BCUT2D eigenvalue weighted by Gasteiger charge is -2.28. The molecule has 0 radical (unpaired) electrons. The number of aromatic amines is 1. The van der Waals surface area contributed by atoms with Crippen molar-refractivity contribution in [1.82, 2.24) is 36.5 Å². The zero-order chi connectivity index (χ0) is 43.7. The van der Waals surface area contributed by atoms with Crippen LogP contribution in [0.3, 0.4) is 0 Å². The quantitative estimate of drug-likeness (QED) is 0.0545. The highest BCUT2D eigenvalue weighted by molar-refractivity contribution is 7.98. The number of amides is 7. The van der Waals surface area contributed by atoms with Crippen molar-refractivity contribution >= 4 is 64.0 Å². The number of benzene rings is 3. The first-order valence-corrected chi connectivity index (χ1v) is 22.0. The topological polar surface area (TPSA) is 219 Å². The first kappa shape index (κ1) is 45.9. The van der Waals surface area contributed by atoms with E-state index in [4.69, 9.17) is 0 Å². The number of thioether (sulfide) groups is 1. The number of hydrogen-bond acceptors (Lipinski definition) is 9. The van der Waals surface area contributed by atoms with Crippen molar-refractivity contribution in [3.05, 3.63) is 102 Å². The van der Waals surface area contributed by atoms with Crippen LogP contribution in [0.2, 0.25) is 0 Å². The third-order valence-electron chi connectivity index (χ3n) is 10.5. The Morgan fingerprint density at radius 1 is 0.738 bits per heavy atom. The number of nitrogens with zero attached hydrogens (tertiary/aromatic N) is 1. The van der Waals surface area contributed by atoms with Gasteiger partial charge in [0.05, 0.1) is 6.54 Å². The molecule has 1 aromatic heterocycles. The minimum atomic E-state index is -1.25. The number of aromatic hydroxyl groups is 1. The molecule has 1 saturated heterocycles. The molecule has 0 saturated carbocycles. The van der Waals surface area contributed by atoms with Gasteiger partial charge in [0.2, 0.25) is 41.4 Å². The van der Waals surface area contributed by atoms with Gasteiger partial charge in [0.25, 0.3) is 0 Å². The van der Waals surface area contributed by atoms with Crippen LogP contribution < -0.4 is 26.6 Å². The summed E-state index contributed by atoms with van der Waals surface area (Å²) >= 11 is 1.54. The van der Waals surface area contributed by atoms with Crippen molar-refractivity contribution in [3.63, 3.8) is 0 Å². The number of hydrogen-bond donors (Lipinski definition) is 7. The van der Waals surface area contributed by atoms with Crippen molar-refractivity contribution in [1.29, 1.82) is 0 Å². The van der Waals surface area contributed by atoms with Gasteiger partial charge in [-0.3, -0.25) is 38.5 Å². The van der Waals surface area contributed by atoms with Crippen molar-refractivity contribution < 1.29 is 38.7 Å². The number of rotatable bonds is 23. The normalized spacial score (nSPS) is 14.5. The summed E-state index contributed by atoms with van der Waals surface area (Å²) < 4.78 is 0. The molecule has 0 bridgehead atoms. The van der Waals surface area contributed by atoms with Crippen LogP contribution in [0, 0.1) is 0 Å². The van der Waals surface area contributed by atoms with E-state index in [9.17, 15) is 38.7 Å². The highest BCUT2D eigenvalue weighted by atomic mass is 32.2. The van der Waals surface area contributed by atoms with Gasteiger partial charge in [0.15, 0.2) is 0 Å². The molecular weight excluding hydrogens is 799 g/mol. The minimum Gasteiger partial charge on any atom is -0.508 e. The molecule has 0 aliphatic carbocycles. The maximum Gasteiger partial charge on any atom is 0.244 e. The Kier molecular flexibility index (Phi) is 17.3. The molecule has 7 N–H and O–H groups in total. The Hall–Kier alpha value is -6.16. The van der Waals surface area contributed by atoms with Gasteiger partial charge < -0.3 is 36.7 Å². The minimum absolute atomic E-state index is 0.0104. The Morgan fingerprint density at radius 3 is 2.10 bits per heavy atom. The van der Waals surface area contributed by atoms with Crippen LogP contribution in [-0.2, 0) is 52.8 Å². The molecule has 0 unspecified atom stereocenters. The third-order valence-corrected chi connectivity index (χ3v) is 11.2. The number of phenolic OH excluding ortho intramolecular Hbond substituents is 1. The van der Waals surface area contributed by atoms with Crippen LogP contribution >= 0.6 is 11.8 Å². The van der Waals surface area contributed by atoms with E-state index < -0.39 is 66.2 Å². The lowest BCUT2D eigenvalue weighted by atomic mass is 10.0. The van der Waals surface area contributed by atoms with Gasteiger partial charge in [-0.2, -0.15) is 11.8 Å². The molecule has 5 rings (SSSR count). The van der Waals surface area contributed by atoms with Gasteiger partial charge in [0.1, 0.15) is 29.9 Å². The van der Waals surface area contributed by atoms with E-state index in [1.165, 1.54) is 23.9 Å². The van der Waals surface area contributed by atoms with Gasteiger partial charge in [-0.15, -0.1) is 0 Å². The number of carbonyl (C=O) groups is 7. The molecule has 61 heavy (non-hydrogen) atoms. The van der Waals surface area contributed by atoms with Crippen LogP contribution in [0.5, 0.6) is 5.75 Å². The monoisotopic (exact) mass is 853 g/mol. The zero-order valence-corrected chi connectivity index (χ0v) is 35.4. The number of likely N-dealkylation sites (tertiary alicyclic amines) is 1. The van der Waals surface area contributed by atoms with E-state index in [0.29, 0.717) is 43.5 Å². The highest BCUT2D eigenvalue weighted by Crippen LogP contribution is 2.22. The number of carbonyl (C=O) groups excluding carboxylic acids is 7. The van der Waals surface area contributed by atoms with E-state index in [-0.39, 0.29) is 43.8 Å². The number of unbranched alkanes of at least 4 members (excludes halogenated alkanes) is 1. The molecule has 16 heteroatoms. The molecule has 2 heterocycles. The highest BCUT2D eigenvalue weighted by Gasteiger charge is 2.40. The number of H-pyrrole nitrogens is 1. The van der Waals surface area contributed by atoms with E-state index >= 15 is 0 Å². The standard InChI is InChI=1S/C45H55N7O8S/c1-3-4-13-35(51-45(60)38(52-40(55)19-20-41(52)56)25-30-15-17-32(53)18-16-30)43(58)48-28-39(54)49-37(26-31-27-47-34-14-9-8-12-33(31)34)44(59)50-36(22-24-61-2)42(57)46-23-21-29-10-6-5-7-11-29/h5-12,14-18,27,35-38,47,53H,3-4,13,19-26,28H2,1-2H3,(H,46,57)(H,48,58)(H,49,54)(H,50,59)(H,51,60)/t35-,36-,37+,38-/m0/s1. The number of phenols is 1. The fourth-order valence-electron chi connectivity index (χ4n) is 7.18. The fraction of sp³-hybridized carbons (Fsp3) is 0.400. The second-order valence-corrected chi connectivity index (χ2v) is 16.0. The third kappa shape index (κ3) is 13.4. The van der Waals surface area contributed by atoms with E-state index in [0.717, 1.165) is 26.9 Å². The molecule has 324 valence electrons. The molecule has 1 aliphatic heterocycles. The first-order chi connectivity index (χ1) is 29.5. The van der Waals surface area contributed by atoms with Crippen molar-refractivity contribution in [2.75, 3.05) is 25.1 Å². The largest absolute Gasteiger partial charge is 0.508 e. The smallest absolute Gasteiger partial charge is 0.244 e. The van der Waals surface area contributed by atoms with Gasteiger partial charge in [-0.1, -0.05) is 80.4 Å². The predicted molar refractivity (Wildman–Crippen MR) is 233 cm³/mol. The van der Waals surface area contributed by atoms with Gasteiger partial charge in [-0.05, 0) is 66.2 Å². The summed E-state index contributed by atoms with van der Waals surface area (Å²) in [5, 5.41) is 24.5. The number of imide groups is 1. The molecule has 4 aromatic rings. The Balaban J connectivity index is 1.27. The molecule has 4 atom stereocenters. The van der Waals surface area contributed by atoms with Crippen LogP contribution in [0.25, 0.3) is 10.9 Å². The molecule has 15 nitrogen and oxygen atoms in total. The molecule has 3 aromatic carbocycles. The van der Waals surface area contributed by atoms with Crippen molar-refractivity contribution in [2.45, 2.75) is 88.9 Å². The molecule has 1 aliphatic rings. The molecule has 7 amide bonds. The van der Waals surface area contributed by atoms with Crippen LogP contribution in [0.4, 0.5) is 0 Å². The maximum absolute atomic E-state index is 14.0. The maximum atomic E-state index is 14.0. The van der Waals surface area contributed by atoms with Crippen LogP contribution in [-0.4, -0.2) is 106 Å². The van der Waals surface area contributed by atoms with E-state index in [1.54, 1.807) is 18.3 Å². The van der Waals surface area contributed by atoms with Gasteiger partial charge >= 0.3 is 0 Å². The molecule has 1 fully saturated rings. The summed E-state index contributed by atoms with van der Waals surface area (Å²) in [4.78, 5) is 98.2. The Labute approximate surface area is 359 Å². The molecule has 0 spiro atoms. The predicted octanol–water partition coefficient (Wildman–Crippen LogP) is 3.05. The summed E-state index contributed by atoms with van der Waals surface area (Å²) in [6, 6.07) is 18.9. The second kappa shape index (κ2) is 23.0. The van der Waals surface area contributed by atoms with E-state index in [1.807, 2.05) is 67.8 Å². The SMILES string of the molecule is CCCC[C@H](NC(=O)[C@H](Cc1ccc(O)cc1)N1C(=O)CCC1=O)C(=O)NCC(=O)N[C@H](Cc1c[nH]c2ccccc12)C(=O)N[C@@H](CCSC)C(=O)NCCc1ccccc1. The van der Waals surface area contributed by atoms with Gasteiger partial charge in [-0.25, -0.2) is 0 Å². The second-order valence-electron chi connectivity index (χ2n) is 15.0. The summed E-state index contributed by atoms with van der Waals surface area (Å²) in [6.07, 6.45) is 6.04.